The smallest absolute Gasteiger partial charge is 1.00 e. The standard InChI is InChI=1S/2C2H4O2.Ca.2ClH.2Na/c2*1-2(3)4;;;;;/h2*1H3,(H,3,4);;2*1H;;/q;;+2;;;2*+1/p-4. The number of rotatable bonds is 0. The Balaban J connectivity index is -0.00000000800. The van der Waals surface area contributed by atoms with E-state index in [0.717, 1.165) is 13.8 Å². The maximum absolute atomic E-state index is 8.89. The predicted octanol–water partition coefficient (Wildman–Crippen LogP) is -14.9. The summed E-state index contributed by atoms with van der Waals surface area (Å²) in [7, 11) is 0. The van der Waals surface area contributed by atoms with Gasteiger partial charge in [0.15, 0.2) is 0 Å². The fourth-order valence-corrected chi connectivity index (χ4v) is 0. The summed E-state index contributed by atoms with van der Waals surface area (Å²) < 4.78 is 0. The zero-order valence-electron chi connectivity index (χ0n) is 8.10. The van der Waals surface area contributed by atoms with Crippen LogP contribution in [0.25, 0.3) is 0 Å². The molecule has 0 spiro atoms. The van der Waals surface area contributed by atoms with Crippen molar-refractivity contribution in [3.05, 3.63) is 0 Å². The van der Waals surface area contributed by atoms with Crippen LogP contribution >= 0.6 is 0 Å². The van der Waals surface area contributed by atoms with Crippen molar-refractivity contribution in [3.63, 3.8) is 0 Å². The van der Waals surface area contributed by atoms with Crippen LogP contribution in [0.1, 0.15) is 13.8 Å². The SMILES string of the molecule is CC(=O)[O-].CC(=O)[O-].[Ca+2].[Cl-].[Cl-].[Na+].[Na+]. The average molecular weight is 275 g/mol. The summed E-state index contributed by atoms with van der Waals surface area (Å²) in [5, 5.41) is 17.8. The normalized spacial score (nSPS) is 3.85. The predicted molar refractivity (Wildman–Crippen MR) is 27.1 cm³/mol. The molecule has 0 atom stereocenters. The van der Waals surface area contributed by atoms with E-state index in [1.54, 1.807) is 0 Å². The van der Waals surface area contributed by atoms with Gasteiger partial charge in [-0.1, -0.05) is 0 Å². The van der Waals surface area contributed by atoms with Gasteiger partial charge in [-0.15, -0.1) is 0 Å². The molecule has 9 heteroatoms. The van der Waals surface area contributed by atoms with E-state index in [1.165, 1.54) is 0 Å². The molecule has 0 amide bonds. The van der Waals surface area contributed by atoms with Crippen LogP contribution in [0.15, 0.2) is 0 Å². The van der Waals surface area contributed by atoms with Crippen molar-refractivity contribution < 1.29 is 104 Å². The number of carbonyl (C=O) groups is 2. The van der Waals surface area contributed by atoms with Crippen molar-refractivity contribution in [3.8, 4) is 0 Å². The number of halogens is 2. The van der Waals surface area contributed by atoms with Crippen LogP contribution in [0.3, 0.4) is 0 Å². The van der Waals surface area contributed by atoms with Crippen molar-refractivity contribution >= 4 is 49.7 Å². The zero-order chi connectivity index (χ0) is 7.15. The van der Waals surface area contributed by atoms with Crippen LogP contribution in [0.2, 0.25) is 0 Å². The van der Waals surface area contributed by atoms with Gasteiger partial charge >= 0.3 is 96.9 Å². The molecule has 0 saturated carbocycles. The van der Waals surface area contributed by atoms with Gasteiger partial charge in [-0.25, -0.2) is 0 Å². The van der Waals surface area contributed by atoms with Crippen LogP contribution in [0, 0.1) is 0 Å². The van der Waals surface area contributed by atoms with E-state index in [-0.39, 0.29) is 122 Å². The second kappa shape index (κ2) is 36.4. The van der Waals surface area contributed by atoms with Gasteiger partial charge < -0.3 is 44.6 Å². The molecule has 64 valence electrons. The number of carboxylic acid groups (broad SMARTS) is 2. The molecule has 0 heterocycles. The van der Waals surface area contributed by atoms with E-state index in [4.69, 9.17) is 19.8 Å². The van der Waals surface area contributed by atoms with Crippen LogP contribution < -0.4 is 94.1 Å². The summed E-state index contributed by atoms with van der Waals surface area (Å²) in [4.78, 5) is 17.8. The zero-order valence-corrected chi connectivity index (χ0v) is 15.8. The Morgan fingerprint density at radius 3 is 0.846 bits per heavy atom. The Bertz CT molecular complexity index is 86.1. The number of carbonyl (C=O) groups excluding carboxylic acids is 2. The minimum Gasteiger partial charge on any atom is -1.00 e. The first-order valence-corrected chi connectivity index (χ1v) is 1.82. The van der Waals surface area contributed by atoms with Gasteiger partial charge in [-0.2, -0.15) is 0 Å². The second-order valence-electron chi connectivity index (χ2n) is 0.983. The molecule has 0 bridgehead atoms. The Kier molecular flexibility index (Phi) is 125. The molecule has 4 nitrogen and oxygen atoms in total. The fraction of sp³-hybridized carbons (Fsp3) is 0.500. The third-order valence-corrected chi connectivity index (χ3v) is 0. The average Bonchev–Trinajstić information content (AvgIpc) is 1.25. The summed E-state index contributed by atoms with van der Waals surface area (Å²) in [5.74, 6) is -2.17. The third kappa shape index (κ3) is 312. The van der Waals surface area contributed by atoms with E-state index in [1.807, 2.05) is 0 Å². The second-order valence-corrected chi connectivity index (χ2v) is 0.983. The number of aliphatic carboxylic acids is 2. The molecule has 0 aliphatic carbocycles. The minimum absolute atomic E-state index is 0. The Labute approximate surface area is 164 Å². The van der Waals surface area contributed by atoms with E-state index in [0.29, 0.717) is 0 Å². The Hall–Kier alpha value is 2.78. The quantitative estimate of drug-likeness (QED) is 0.411. The van der Waals surface area contributed by atoms with Gasteiger partial charge in [0.2, 0.25) is 0 Å². The summed E-state index contributed by atoms with van der Waals surface area (Å²) in [6.45, 7) is 1.94. The molecule has 0 unspecified atom stereocenters. The molecule has 0 aliphatic rings. The van der Waals surface area contributed by atoms with Gasteiger partial charge in [0.25, 0.3) is 0 Å². The first-order valence-electron chi connectivity index (χ1n) is 1.82. The first-order chi connectivity index (χ1) is 3.46. The monoisotopic (exact) mass is 274 g/mol. The van der Waals surface area contributed by atoms with Crippen molar-refractivity contribution in [2.24, 2.45) is 0 Å². The first kappa shape index (κ1) is 44.7. The van der Waals surface area contributed by atoms with Crippen LogP contribution in [-0.2, 0) is 9.59 Å². The summed E-state index contributed by atoms with van der Waals surface area (Å²) in [6.07, 6.45) is 0. The largest absolute Gasteiger partial charge is 2.00 e. The third-order valence-electron chi connectivity index (χ3n) is 0. The van der Waals surface area contributed by atoms with E-state index in [2.05, 4.69) is 0 Å². The molecule has 13 heavy (non-hydrogen) atoms. The minimum atomic E-state index is -1.08. The summed E-state index contributed by atoms with van der Waals surface area (Å²) >= 11 is 0. The topological polar surface area (TPSA) is 80.3 Å². The van der Waals surface area contributed by atoms with Crippen molar-refractivity contribution in [1.29, 1.82) is 0 Å². The number of hydrogen-bond donors (Lipinski definition) is 0. The van der Waals surface area contributed by atoms with Crippen molar-refractivity contribution in [1.82, 2.24) is 0 Å². The molecule has 0 saturated heterocycles. The molecule has 0 aliphatic heterocycles. The van der Waals surface area contributed by atoms with Gasteiger partial charge in [-0.3, -0.25) is 0 Å². The van der Waals surface area contributed by atoms with Crippen molar-refractivity contribution in [2.75, 3.05) is 0 Å². The molecular formula is C4H6CaCl2Na2O4. The van der Waals surface area contributed by atoms with Crippen LogP contribution in [-0.4, -0.2) is 49.7 Å². The van der Waals surface area contributed by atoms with Crippen LogP contribution in [0.5, 0.6) is 0 Å². The van der Waals surface area contributed by atoms with E-state index >= 15 is 0 Å². The molecule has 0 aromatic carbocycles. The van der Waals surface area contributed by atoms with Crippen LogP contribution in [0.4, 0.5) is 0 Å². The van der Waals surface area contributed by atoms with E-state index in [9.17, 15) is 0 Å². The fourth-order valence-electron chi connectivity index (χ4n) is 0. The van der Waals surface area contributed by atoms with E-state index < -0.39 is 11.9 Å². The summed E-state index contributed by atoms with van der Waals surface area (Å²) in [6, 6.07) is 0. The van der Waals surface area contributed by atoms with Gasteiger partial charge in [-0.05, 0) is 13.8 Å². The molecule has 0 radical (unpaired) electrons. The van der Waals surface area contributed by atoms with Gasteiger partial charge in [0.05, 0.1) is 0 Å². The number of carboxylic acids is 2. The van der Waals surface area contributed by atoms with Gasteiger partial charge in [0.1, 0.15) is 0 Å². The maximum Gasteiger partial charge on any atom is 2.00 e. The molecular weight excluding hydrogens is 269 g/mol. The molecule has 0 aromatic rings. The molecule has 0 fully saturated rings. The molecule has 0 N–H and O–H groups in total. The molecule has 0 rings (SSSR count). The maximum atomic E-state index is 8.89. The molecule has 0 aromatic heterocycles. The summed E-state index contributed by atoms with van der Waals surface area (Å²) in [5.41, 5.74) is 0. The number of hydrogen-bond acceptors (Lipinski definition) is 4. The van der Waals surface area contributed by atoms with Gasteiger partial charge in [0, 0.05) is 11.9 Å². The Morgan fingerprint density at radius 2 is 0.846 bits per heavy atom. The Morgan fingerprint density at radius 1 is 0.846 bits per heavy atom. The van der Waals surface area contributed by atoms with Crippen molar-refractivity contribution in [2.45, 2.75) is 13.8 Å².